The molecule has 0 aliphatic carbocycles. The highest BCUT2D eigenvalue weighted by Gasteiger charge is 2.15. The summed E-state index contributed by atoms with van der Waals surface area (Å²) in [4.78, 5) is 35.9. The standard InChI is InChI=1S/C19H17N3O5/c1-3-27-19(25)15-11-20-22-9-8-14(10-16(15)22)21-17(23)12-4-6-13(7-5-12)18(24)26-2/h4-11H,3H2,1-2H3,(H,21,23). The van der Waals surface area contributed by atoms with Gasteiger partial charge in [0.05, 0.1) is 31.0 Å². The van der Waals surface area contributed by atoms with Crippen LogP contribution in [0.15, 0.2) is 48.8 Å². The van der Waals surface area contributed by atoms with Crippen LogP contribution in [0.1, 0.15) is 38.0 Å². The van der Waals surface area contributed by atoms with E-state index in [-0.39, 0.29) is 12.5 Å². The van der Waals surface area contributed by atoms with Crippen LogP contribution in [0.3, 0.4) is 0 Å². The average molecular weight is 367 g/mol. The summed E-state index contributed by atoms with van der Waals surface area (Å²) in [6.45, 7) is 1.98. The third kappa shape index (κ3) is 3.79. The molecule has 0 aliphatic heterocycles. The molecule has 0 fully saturated rings. The molecule has 27 heavy (non-hydrogen) atoms. The number of fused-ring (bicyclic) bond motifs is 1. The number of carbonyl (C=O) groups excluding carboxylic acids is 3. The number of ether oxygens (including phenoxy) is 2. The number of esters is 2. The molecule has 1 amide bonds. The molecule has 3 rings (SSSR count). The fraction of sp³-hybridized carbons (Fsp3) is 0.158. The van der Waals surface area contributed by atoms with Crippen molar-refractivity contribution in [3.63, 3.8) is 0 Å². The molecule has 1 aromatic carbocycles. The number of anilines is 1. The lowest BCUT2D eigenvalue weighted by Gasteiger charge is -2.07. The smallest absolute Gasteiger partial charge is 0.341 e. The third-order valence-electron chi connectivity index (χ3n) is 3.84. The first-order valence-corrected chi connectivity index (χ1v) is 8.17. The number of methoxy groups -OCH3 is 1. The third-order valence-corrected chi connectivity index (χ3v) is 3.84. The lowest BCUT2D eigenvalue weighted by Crippen LogP contribution is -2.12. The molecular weight excluding hydrogens is 350 g/mol. The van der Waals surface area contributed by atoms with Crippen LogP contribution in [0.2, 0.25) is 0 Å². The molecule has 0 atom stereocenters. The lowest BCUT2D eigenvalue weighted by molar-refractivity contribution is 0.0527. The Balaban J connectivity index is 1.81. The van der Waals surface area contributed by atoms with Gasteiger partial charge in [-0.3, -0.25) is 4.79 Å². The number of hydrogen-bond acceptors (Lipinski definition) is 6. The van der Waals surface area contributed by atoms with Gasteiger partial charge >= 0.3 is 11.9 Å². The number of benzene rings is 1. The van der Waals surface area contributed by atoms with Crippen LogP contribution in [0.4, 0.5) is 5.69 Å². The van der Waals surface area contributed by atoms with Gasteiger partial charge in [-0.05, 0) is 43.3 Å². The Morgan fingerprint density at radius 1 is 1.07 bits per heavy atom. The molecule has 8 heteroatoms. The minimum Gasteiger partial charge on any atom is -0.465 e. The lowest BCUT2D eigenvalue weighted by atomic mass is 10.1. The van der Waals surface area contributed by atoms with Gasteiger partial charge < -0.3 is 14.8 Å². The van der Waals surface area contributed by atoms with E-state index in [1.807, 2.05) is 0 Å². The summed E-state index contributed by atoms with van der Waals surface area (Å²) in [5, 5.41) is 6.85. The summed E-state index contributed by atoms with van der Waals surface area (Å²) in [6.07, 6.45) is 3.05. The van der Waals surface area contributed by atoms with Gasteiger partial charge in [0.25, 0.3) is 5.91 Å². The number of nitrogens with one attached hydrogen (secondary N) is 1. The second-order valence-corrected chi connectivity index (χ2v) is 5.55. The molecule has 0 aliphatic rings. The molecule has 138 valence electrons. The van der Waals surface area contributed by atoms with Crippen molar-refractivity contribution in [1.29, 1.82) is 0 Å². The SMILES string of the molecule is CCOC(=O)c1cnn2ccc(NC(=O)c3ccc(C(=O)OC)cc3)cc12. The number of hydrogen-bond donors (Lipinski definition) is 1. The maximum absolute atomic E-state index is 12.4. The largest absolute Gasteiger partial charge is 0.465 e. The summed E-state index contributed by atoms with van der Waals surface area (Å²) >= 11 is 0. The Morgan fingerprint density at radius 3 is 2.44 bits per heavy atom. The maximum atomic E-state index is 12.4. The fourth-order valence-electron chi connectivity index (χ4n) is 2.50. The van der Waals surface area contributed by atoms with Crippen LogP contribution in [0.5, 0.6) is 0 Å². The van der Waals surface area contributed by atoms with Crippen molar-refractivity contribution in [2.45, 2.75) is 6.92 Å². The highest BCUT2D eigenvalue weighted by Crippen LogP contribution is 2.18. The second kappa shape index (κ2) is 7.69. The van der Waals surface area contributed by atoms with E-state index in [2.05, 4.69) is 15.2 Å². The minimum absolute atomic E-state index is 0.258. The van der Waals surface area contributed by atoms with Crippen LogP contribution in [0, 0.1) is 0 Å². The van der Waals surface area contributed by atoms with E-state index in [9.17, 15) is 14.4 Å². The van der Waals surface area contributed by atoms with Gasteiger partial charge in [-0.2, -0.15) is 5.10 Å². The number of rotatable bonds is 5. The first-order valence-electron chi connectivity index (χ1n) is 8.17. The van der Waals surface area contributed by atoms with Crippen LogP contribution in [-0.2, 0) is 9.47 Å². The van der Waals surface area contributed by atoms with E-state index in [1.165, 1.54) is 42.1 Å². The second-order valence-electron chi connectivity index (χ2n) is 5.55. The Labute approximate surface area is 154 Å². The van der Waals surface area contributed by atoms with Crippen LogP contribution in [0.25, 0.3) is 5.52 Å². The summed E-state index contributed by atoms with van der Waals surface area (Å²) in [6, 6.07) is 9.39. The highest BCUT2D eigenvalue weighted by atomic mass is 16.5. The Hall–Kier alpha value is -3.68. The van der Waals surface area contributed by atoms with Crippen molar-refractivity contribution >= 4 is 29.0 Å². The summed E-state index contributed by atoms with van der Waals surface area (Å²) in [5.41, 5.74) is 2.06. The molecule has 1 N–H and O–H groups in total. The van der Waals surface area contributed by atoms with Gasteiger partial charge in [-0.1, -0.05) is 0 Å². The zero-order chi connectivity index (χ0) is 19.4. The van der Waals surface area contributed by atoms with Crippen molar-refractivity contribution in [2.75, 3.05) is 19.0 Å². The number of pyridine rings is 1. The van der Waals surface area contributed by atoms with E-state index in [0.29, 0.717) is 27.9 Å². The van der Waals surface area contributed by atoms with E-state index in [1.54, 1.807) is 25.3 Å². The van der Waals surface area contributed by atoms with E-state index in [4.69, 9.17) is 4.74 Å². The van der Waals surface area contributed by atoms with Gasteiger partial charge in [0, 0.05) is 17.4 Å². The number of aromatic nitrogens is 2. The van der Waals surface area contributed by atoms with Crippen molar-refractivity contribution in [1.82, 2.24) is 9.61 Å². The van der Waals surface area contributed by atoms with Crippen LogP contribution >= 0.6 is 0 Å². The normalized spacial score (nSPS) is 10.4. The predicted octanol–water partition coefficient (Wildman–Crippen LogP) is 2.55. The van der Waals surface area contributed by atoms with E-state index in [0.717, 1.165) is 0 Å². The predicted molar refractivity (Wildman–Crippen MR) is 96.9 cm³/mol. The number of amides is 1. The average Bonchev–Trinajstić information content (AvgIpc) is 3.11. The topological polar surface area (TPSA) is 99.0 Å². The molecule has 0 unspecified atom stereocenters. The molecule has 0 radical (unpaired) electrons. The van der Waals surface area contributed by atoms with Gasteiger partial charge in [-0.15, -0.1) is 0 Å². The Kier molecular flexibility index (Phi) is 5.16. The highest BCUT2D eigenvalue weighted by molar-refractivity contribution is 6.05. The Morgan fingerprint density at radius 2 is 1.78 bits per heavy atom. The Bertz CT molecular complexity index is 1010. The van der Waals surface area contributed by atoms with E-state index >= 15 is 0 Å². The molecule has 0 bridgehead atoms. The zero-order valence-corrected chi connectivity index (χ0v) is 14.8. The molecule has 0 saturated heterocycles. The summed E-state index contributed by atoms with van der Waals surface area (Å²) < 4.78 is 11.2. The molecule has 3 aromatic rings. The number of nitrogens with zero attached hydrogens (tertiary/aromatic N) is 2. The summed E-state index contributed by atoms with van der Waals surface area (Å²) in [5.74, 6) is -1.30. The maximum Gasteiger partial charge on any atom is 0.341 e. The zero-order valence-electron chi connectivity index (χ0n) is 14.8. The van der Waals surface area contributed by atoms with Crippen molar-refractivity contribution < 1.29 is 23.9 Å². The monoisotopic (exact) mass is 367 g/mol. The van der Waals surface area contributed by atoms with Crippen LogP contribution in [-0.4, -0.2) is 41.2 Å². The number of carbonyl (C=O) groups is 3. The first-order chi connectivity index (χ1) is 13.0. The van der Waals surface area contributed by atoms with Gasteiger partial charge in [-0.25, -0.2) is 14.1 Å². The molecular formula is C19H17N3O5. The van der Waals surface area contributed by atoms with Crippen LogP contribution < -0.4 is 5.32 Å². The molecule has 0 saturated carbocycles. The first kappa shape index (κ1) is 18.1. The van der Waals surface area contributed by atoms with Crippen molar-refractivity contribution in [3.8, 4) is 0 Å². The van der Waals surface area contributed by atoms with E-state index < -0.39 is 11.9 Å². The van der Waals surface area contributed by atoms with Gasteiger partial charge in [0.2, 0.25) is 0 Å². The molecule has 0 spiro atoms. The fourth-order valence-corrected chi connectivity index (χ4v) is 2.50. The van der Waals surface area contributed by atoms with Gasteiger partial charge in [0.15, 0.2) is 0 Å². The molecule has 2 heterocycles. The van der Waals surface area contributed by atoms with Crippen molar-refractivity contribution in [2.24, 2.45) is 0 Å². The quantitative estimate of drug-likeness (QED) is 0.696. The summed E-state index contributed by atoms with van der Waals surface area (Å²) in [7, 11) is 1.29. The van der Waals surface area contributed by atoms with Gasteiger partial charge in [0.1, 0.15) is 5.56 Å². The molecule has 8 nitrogen and oxygen atoms in total. The minimum atomic E-state index is -0.477. The van der Waals surface area contributed by atoms with Crippen molar-refractivity contribution in [3.05, 3.63) is 65.5 Å². The molecule has 2 aromatic heterocycles.